The summed E-state index contributed by atoms with van der Waals surface area (Å²) in [5, 5.41) is 11.7. The molecule has 0 saturated heterocycles. The van der Waals surface area contributed by atoms with Crippen LogP contribution in [-0.4, -0.2) is 33.1 Å². The summed E-state index contributed by atoms with van der Waals surface area (Å²) < 4.78 is 7.10. The molecular formula is C21H23N5O2S. The minimum atomic E-state index is -0.417. The number of hydrogen-bond donors (Lipinski definition) is 2. The quantitative estimate of drug-likeness (QED) is 0.685. The second kappa shape index (κ2) is 7.79. The highest BCUT2D eigenvalue weighted by Crippen LogP contribution is 2.38. The van der Waals surface area contributed by atoms with Gasteiger partial charge in [0.1, 0.15) is 16.8 Å². The van der Waals surface area contributed by atoms with Crippen LogP contribution in [0.4, 0.5) is 5.69 Å². The van der Waals surface area contributed by atoms with Gasteiger partial charge < -0.3 is 15.5 Å². The molecule has 0 bridgehead atoms. The van der Waals surface area contributed by atoms with Crippen LogP contribution >= 0.6 is 11.8 Å². The van der Waals surface area contributed by atoms with Gasteiger partial charge in [0.05, 0.1) is 13.2 Å². The number of aryl methyl sites for hydroxylation is 2. The van der Waals surface area contributed by atoms with Gasteiger partial charge in [-0.1, -0.05) is 36.0 Å². The minimum Gasteiger partial charge on any atom is -0.497 e. The van der Waals surface area contributed by atoms with Crippen molar-refractivity contribution in [3.8, 4) is 5.75 Å². The van der Waals surface area contributed by atoms with Crippen LogP contribution < -0.4 is 15.5 Å². The van der Waals surface area contributed by atoms with E-state index in [4.69, 9.17) is 4.74 Å². The highest BCUT2D eigenvalue weighted by atomic mass is 32.2. The second-order valence-electron chi connectivity index (χ2n) is 7.02. The van der Waals surface area contributed by atoms with Crippen LogP contribution in [0.3, 0.4) is 0 Å². The van der Waals surface area contributed by atoms with Crippen molar-refractivity contribution < 1.29 is 9.53 Å². The van der Waals surface area contributed by atoms with Gasteiger partial charge in [0.15, 0.2) is 0 Å². The number of anilines is 1. The SMILES string of the molecule is COc1ccc([C@H]2Nn3c(C)nnc3S[C@@H]2C(=O)Nc2cccc(C)c2C)cc1. The van der Waals surface area contributed by atoms with Crippen LogP contribution in [0.1, 0.15) is 28.6 Å². The Balaban J connectivity index is 1.67. The van der Waals surface area contributed by atoms with Crippen molar-refractivity contribution in [1.82, 2.24) is 14.9 Å². The molecule has 2 atom stereocenters. The zero-order valence-corrected chi connectivity index (χ0v) is 17.6. The van der Waals surface area contributed by atoms with Gasteiger partial charge >= 0.3 is 0 Å². The van der Waals surface area contributed by atoms with Gasteiger partial charge in [0.25, 0.3) is 0 Å². The van der Waals surface area contributed by atoms with E-state index in [0.717, 1.165) is 34.0 Å². The number of aromatic nitrogens is 3. The molecule has 2 aromatic carbocycles. The second-order valence-corrected chi connectivity index (χ2v) is 8.13. The van der Waals surface area contributed by atoms with Crippen molar-refractivity contribution in [2.75, 3.05) is 17.9 Å². The van der Waals surface area contributed by atoms with Crippen molar-refractivity contribution in [3.63, 3.8) is 0 Å². The molecule has 29 heavy (non-hydrogen) atoms. The van der Waals surface area contributed by atoms with Gasteiger partial charge in [0, 0.05) is 5.69 Å². The number of amides is 1. The van der Waals surface area contributed by atoms with Crippen LogP contribution in [0.15, 0.2) is 47.6 Å². The molecule has 0 fully saturated rings. The molecule has 0 aliphatic carbocycles. The molecule has 7 nitrogen and oxygen atoms in total. The molecule has 1 aromatic heterocycles. The summed E-state index contributed by atoms with van der Waals surface area (Å²) in [4.78, 5) is 13.3. The molecule has 0 spiro atoms. The van der Waals surface area contributed by atoms with E-state index in [2.05, 4.69) is 20.9 Å². The number of rotatable bonds is 4. The van der Waals surface area contributed by atoms with Gasteiger partial charge in [-0.05, 0) is 55.7 Å². The zero-order valence-electron chi connectivity index (χ0n) is 16.8. The van der Waals surface area contributed by atoms with Gasteiger partial charge in [-0.3, -0.25) is 4.79 Å². The average molecular weight is 410 g/mol. The number of thioether (sulfide) groups is 1. The smallest absolute Gasteiger partial charge is 0.240 e. The van der Waals surface area contributed by atoms with E-state index in [1.54, 1.807) is 7.11 Å². The fraction of sp³-hybridized carbons (Fsp3) is 0.286. The third-order valence-electron chi connectivity index (χ3n) is 5.19. The van der Waals surface area contributed by atoms with Crippen molar-refractivity contribution in [3.05, 3.63) is 65.0 Å². The van der Waals surface area contributed by atoms with Crippen LogP contribution in [0, 0.1) is 20.8 Å². The first-order valence-electron chi connectivity index (χ1n) is 9.34. The predicted molar refractivity (Wildman–Crippen MR) is 114 cm³/mol. The highest BCUT2D eigenvalue weighted by Gasteiger charge is 2.37. The summed E-state index contributed by atoms with van der Waals surface area (Å²) in [6.07, 6.45) is 0. The van der Waals surface area contributed by atoms with E-state index in [0.29, 0.717) is 5.16 Å². The lowest BCUT2D eigenvalue weighted by Crippen LogP contribution is -2.41. The molecule has 0 unspecified atom stereocenters. The Morgan fingerprint density at radius 3 is 2.62 bits per heavy atom. The van der Waals surface area contributed by atoms with E-state index >= 15 is 0 Å². The Labute approximate surface area is 173 Å². The Morgan fingerprint density at radius 2 is 1.90 bits per heavy atom. The number of ether oxygens (including phenoxy) is 1. The van der Waals surface area contributed by atoms with Gasteiger partial charge in [0.2, 0.25) is 11.1 Å². The summed E-state index contributed by atoms with van der Waals surface area (Å²) in [5.41, 5.74) is 7.42. The Bertz CT molecular complexity index is 1050. The molecule has 0 radical (unpaired) electrons. The highest BCUT2D eigenvalue weighted by molar-refractivity contribution is 8.00. The fourth-order valence-corrected chi connectivity index (χ4v) is 4.44. The largest absolute Gasteiger partial charge is 0.497 e. The molecule has 8 heteroatoms. The Hall–Kier alpha value is -3.00. The monoisotopic (exact) mass is 409 g/mol. The molecule has 1 aliphatic heterocycles. The summed E-state index contributed by atoms with van der Waals surface area (Å²) in [6, 6.07) is 13.4. The maximum Gasteiger partial charge on any atom is 0.240 e. The van der Waals surface area contributed by atoms with E-state index in [1.807, 2.05) is 67.9 Å². The van der Waals surface area contributed by atoms with Crippen molar-refractivity contribution >= 4 is 23.4 Å². The lowest BCUT2D eigenvalue weighted by molar-refractivity contribution is -0.116. The first kappa shape index (κ1) is 19.3. The predicted octanol–water partition coefficient (Wildman–Crippen LogP) is 3.61. The first-order valence-corrected chi connectivity index (χ1v) is 10.2. The molecule has 4 rings (SSSR count). The number of methoxy groups -OCH3 is 1. The number of carbonyl (C=O) groups is 1. The van der Waals surface area contributed by atoms with E-state index in [9.17, 15) is 4.79 Å². The minimum absolute atomic E-state index is 0.0797. The zero-order chi connectivity index (χ0) is 20.5. The number of hydrogen-bond acceptors (Lipinski definition) is 6. The number of nitrogens with zero attached hydrogens (tertiary/aromatic N) is 3. The summed E-state index contributed by atoms with van der Waals surface area (Å²) >= 11 is 1.41. The van der Waals surface area contributed by atoms with E-state index < -0.39 is 5.25 Å². The van der Waals surface area contributed by atoms with Crippen molar-refractivity contribution in [2.24, 2.45) is 0 Å². The van der Waals surface area contributed by atoms with Gasteiger partial charge in [-0.25, -0.2) is 4.68 Å². The van der Waals surface area contributed by atoms with Crippen LogP contribution in [0.5, 0.6) is 5.75 Å². The molecule has 150 valence electrons. The van der Waals surface area contributed by atoms with Crippen LogP contribution in [-0.2, 0) is 4.79 Å². The molecule has 1 aliphatic rings. The summed E-state index contributed by atoms with van der Waals surface area (Å²) in [7, 11) is 1.64. The van der Waals surface area contributed by atoms with E-state index in [-0.39, 0.29) is 11.9 Å². The number of carbonyl (C=O) groups excluding carboxylic acids is 1. The van der Waals surface area contributed by atoms with Crippen molar-refractivity contribution in [2.45, 2.75) is 37.2 Å². The number of fused-ring (bicyclic) bond motifs is 1. The summed E-state index contributed by atoms with van der Waals surface area (Å²) in [5.74, 6) is 1.44. The topological polar surface area (TPSA) is 81.1 Å². The Kier molecular flexibility index (Phi) is 5.19. The molecule has 2 heterocycles. The molecule has 3 aromatic rings. The normalized spacial score (nSPS) is 17.9. The standard InChI is InChI=1S/C21H23N5O2S/c1-12-6-5-7-17(13(12)2)22-20(27)19-18(15-8-10-16(28-4)11-9-15)25-26-14(3)23-24-21(26)29-19/h5-11,18-19,25H,1-4H3,(H,22,27)/t18-,19+/m1/s1. The third-order valence-corrected chi connectivity index (χ3v) is 6.41. The number of nitrogens with one attached hydrogen (secondary N) is 2. The van der Waals surface area contributed by atoms with Crippen LogP contribution in [0.2, 0.25) is 0 Å². The van der Waals surface area contributed by atoms with Crippen molar-refractivity contribution in [1.29, 1.82) is 0 Å². The molecule has 1 amide bonds. The first-order chi connectivity index (χ1) is 14.0. The molecular weight excluding hydrogens is 386 g/mol. The molecule has 2 N–H and O–H groups in total. The van der Waals surface area contributed by atoms with Crippen LogP contribution in [0.25, 0.3) is 0 Å². The number of benzene rings is 2. The lowest BCUT2D eigenvalue weighted by Gasteiger charge is -2.33. The summed E-state index contributed by atoms with van der Waals surface area (Å²) in [6.45, 7) is 5.93. The third kappa shape index (κ3) is 3.67. The Morgan fingerprint density at radius 1 is 1.14 bits per heavy atom. The fourth-order valence-electron chi connectivity index (χ4n) is 3.31. The van der Waals surface area contributed by atoms with E-state index in [1.165, 1.54) is 11.8 Å². The molecule has 0 saturated carbocycles. The maximum atomic E-state index is 13.3. The van der Waals surface area contributed by atoms with Gasteiger partial charge in [-0.2, -0.15) is 0 Å². The lowest BCUT2D eigenvalue weighted by atomic mass is 10.0. The van der Waals surface area contributed by atoms with Gasteiger partial charge in [-0.15, -0.1) is 10.2 Å². The maximum absolute atomic E-state index is 13.3. The average Bonchev–Trinajstić information content (AvgIpc) is 3.10.